The number of alkyl halides is 3. The number of carbonyl (C=O) groups excluding carboxylic acids is 1. The van der Waals surface area contributed by atoms with Gasteiger partial charge in [0.1, 0.15) is 0 Å². The normalized spacial score (nSPS) is 21.5. The van der Waals surface area contributed by atoms with Gasteiger partial charge in [-0.1, -0.05) is 6.08 Å². The predicted octanol–water partition coefficient (Wildman–Crippen LogP) is 2.27. The molecule has 0 aromatic rings. The summed E-state index contributed by atoms with van der Waals surface area (Å²) in [7, 11) is 0. The molecule has 0 bridgehead atoms. The van der Waals surface area contributed by atoms with Gasteiger partial charge in [0.2, 0.25) is 0 Å². The van der Waals surface area contributed by atoms with Gasteiger partial charge < -0.3 is 0 Å². The van der Waals surface area contributed by atoms with E-state index in [1.165, 1.54) is 6.08 Å². The maximum absolute atomic E-state index is 12.1. The van der Waals surface area contributed by atoms with Crippen molar-refractivity contribution in [3.63, 3.8) is 0 Å². The van der Waals surface area contributed by atoms with Gasteiger partial charge in [-0.25, -0.2) is 0 Å². The van der Waals surface area contributed by atoms with Crippen molar-refractivity contribution in [2.24, 2.45) is 5.92 Å². The first-order valence-electron chi connectivity index (χ1n) is 3.35. The lowest BCUT2D eigenvalue weighted by atomic mass is 10.0. The van der Waals surface area contributed by atoms with Crippen molar-refractivity contribution in [1.29, 1.82) is 0 Å². The molecule has 0 saturated carbocycles. The topological polar surface area (TPSA) is 17.1 Å². The zero-order valence-corrected chi connectivity index (χ0v) is 7.19. The number of carbonyl (C=O) groups is 1. The minimum Gasteiger partial charge on any atom is -0.286 e. The van der Waals surface area contributed by atoms with Gasteiger partial charge >= 0.3 is 6.18 Å². The summed E-state index contributed by atoms with van der Waals surface area (Å²) in [6.45, 7) is 0. The molecule has 0 amide bonds. The standard InChI is InChI=1S/C8H5F3OS/c9-8(10,11)6-3-1-2-5(4-6)7(12)13/h2-5H,(H,12,13). The van der Waals surface area contributed by atoms with Gasteiger partial charge in [0.25, 0.3) is 0 Å². The molecule has 1 atom stereocenters. The third-order valence-electron chi connectivity index (χ3n) is 1.49. The number of rotatable bonds is 1. The first-order chi connectivity index (χ1) is 5.91. The van der Waals surface area contributed by atoms with E-state index >= 15 is 0 Å². The summed E-state index contributed by atoms with van der Waals surface area (Å²) < 4.78 is 36.3. The van der Waals surface area contributed by atoms with Crippen molar-refractivity contribution in [3.05, 3.63) is 29.5 Å². The number of hydrogen-bond acceptors (Lipinski definition) is 1. The molecular weight excluding hydrogens is 201 g/mol. The van der Waals surface area contributed by atoms with Gasteiger partial charge in [-0.2, -0.15) is 13.2 Å². The molecule has 0 aromatic heterocycles. The predicted molar refractivity (Wildman–Crippen MR) is 44.3 cm³/mol. The van der Waals surface area contributed by atoms with Crippen LogP contribution in [0.5, 0.6) is 0 Å². The van der Waals surface area contributed by atoms with E-state index < -0.39 is 22.8 Å². The van der Waals surface area contributed by atoms with Crippen molar-refractivity contribution in [2.45, 2.75) is 6.18 Å². The Morgan fingerprint density at radius 1 is 1.54 bits per heavy atom. The summed E-state index contributed by atoms with van der Waals surface area (Å²) >= 11 is 3.44. The average molecular weight is 206 g/mol. The fourth-order valence-electron chi connectivity index (χ4n) is 0.850. The van der Waals surface area contributed by atoms with Crippen molar-refractivity contribution in [1.82, 2.24) is 0 Å². The lowest BCUT2D eigenvalue weighted by Crippen LogP contribution is -2.14. The molecule has 1 rings (SSSR count). The van der Waals surface area contributed by atoms with Gasteiger partial charge in [0, 0.05) is 0 Å². The highest BCUT2D eigenvalue weighted by Crippen LogP contribution is 2.29. The highest BCUT2D eigenvalue weighted by Gasteiger charge is 2.33. The molecule has 5 heteroatoms. The van der Waals surface area contributed by atoms with Crippen LogP contribution in [0.25, 0.3) is 0 Å². The second-order valence-electron chi connectivity index (χ2n) is 2.46. The van der Waals surface area contributed by atoms with E-state index in [1.54, 1.807) is 0 Å². The van der Waals surface area contributed by atoms with E-state index in [-0.39, 0.29) is 0 Å². The molecule has 1 nitrogen and oxygen atoms in total. The Bertz CT molecular complexity index is 321. The van der Waals surface area contributed by atoms with E-state index in [0.717, 1.165) is 12.2 Å². The number of halogens is 3. The molecule has 1 unspecified atom stereocenters. The molecule has 1 aliphatic rings. The van der Waals surface area contributed by atoms with Gasteiger partial charge in [0.05, 0.1) is 11.5 Å². The largest absolute Gasteiger partial charge is 0.416 e. The molecular formula is C8H5F3OS. The quantitative estimate of drug-likeness (QED) is 0.514. The summed E-state index contributed by atoms with van der Waals surface area (Å²) in [5.41, 5.74) is 1.41. The summed E-state index contributed by atoms with van der Waals surface area (Å²) in [4.78, 5) is 10.6. The minimum atomic E-state index is -4.43. The molecule has 1 aliphatic carbocycles. The molecule has 0 N–H and O–H groups in total. The van der Waals surface area contributed by atoms with Gasteiger partial charge in [-0.3, -0.25) is 4.79 Å². The molecule has 0 fully saturated rings. The highest BCUT2D eigenvalue weighted by atomic mass is 32.1. The number of allylic oxidation sites excluding steroid dienone is 3. The van der Waals surface area contributed by atoms with Crippen molar-refractivity contribution in [2.75, 3.05) is 0 Å². The molecule has 0 spiro atoms. The zero-order chi connectivity index (χ0) is 10.1. The first kappa shape index (κ1) is 10.2. The van der Waals surface area contributed by atoms with Crippen LogP contribution < -0.4 is 0 Å². The molecule has 13 heavy (non-hydrogen) atoms. The lowest BCUT2D eigenvalue weighted by molar-refractivity contribution is -0.112. The number of hydrogen-bond donors (Lipinski definition) is 1. The maximum atomic E-state index is 12.1. The Hall–Kier alpha value is -0.930. The monoisotopic (exact) mass is 206 g/mol. The smallest absolute Gasteiger partial charge is 0.286 e. The summed E-state index contributed by atoms with van der Waals surface area (Å²) in [6, 6.07) is 0. The maximum Gasteiger partial charge on any atom is 0.416 e. The minimum absolute atomic E-state index is 0.623. The van der Waals surface area contributed by atoms with E-state index in [1.807, 2.05) is 0 Å². The van der Waals surface area contributed by atoms with E-state index in [0.29, 0.717) is 0 Å². The van der Waals surface area contributed by atoms with Crippen molar-refractivity contribution >= 4 is 17.7 Å². The summed E-state index contributed by atoms with van der Waals surface area (Å²) in [5.74, 6) is -0.926. The van der Waals surface area contributed by atoms with Crippen LogP contribution in [0.2, 0.25) is 0 Å². The molecule has 0 aromatic carbocycles. The molecule has 0 heterocycles. The fourth-order valence-corrected chi connectivity index (χ4v) is 0.999. The van der Waals surface area contributed by atoms with E-state index in [4.69, 9.17) is 0 Å². The van der Waals surface area contributed by atoms with Crippen LogP contribution >= 0.6 is 12.6 Å². The SMILES string of the molecule is O=C(S)C1C=C=CC(C(F)(F)F)=C1. The second-order valence-corrected chi connectivity index (χ2v) is 2.90. The Kier molecular flexibility index (Phi) is 2.68. The third-order valence-corrected chi connectivity index (χ3v) is 1.78. The fraction of sp³-hybridized carbons (Fsp3) is 0.250. The second kappa shape index (κ2) is 3.44. The first-order valence-corrected chi connectivity index (χ1v) is 3.80. The van der Waals surface area contributed by atoms with Crippen molar-refractivity contribution in [3.8, 4) is 0 Å². The van der Waals surface area contributed by atoms with Gasteiger partial charge in [-0.05, 0) is 12.2 Å². The Labute approximate surface area is 78.0 Å². The highest BCUT2D eigenvalue weighted by molar-refractivity contribution is 7.96. The lowest BCUT2D eigenvalue weighted by Gasteiger charge is -2.11. The van der Waals surface area contributed by atoms with Crippen LogP contribution in [0.15, 0.2) is 29.5 Å². The Balaban J connectivity index is 2.98. The van der Waals surface area contributed by atoms with Crippen LogP contribution in [-0.4, -0.2) is 11.3 Å². The Morgan fingerprint density at radius 2 is 2.15 bits per heavy atom. The molecule has 0 saturated heterocycles. The summed E-state index contributed by atoms with van der Waals surface area (Å²) in [5, 5.41) is -0.623. The van der Waals surface area contributed by atoms with Gasteiger partial charge in [0.15, 0.2) is 5.12 Å². The van der Waals surface area contributed by atoms with E-state index in [9.17, 15) is 18.0 Å². The van der Waals surface area contributed by atoms with Crippen LogP contribution in [0.1, 0.15) is 0 Å². The summed E-state index contributed by atoms with van der Waals surface area (Å²) in [6.07, 6.45) is -1.56. The van der Waals surface area contributed by atoms with Crippen LogP contribution in [0.3, 0.4) is 0 Å². The van der Waals surface area contributed by atoms with Crippen LogP contribution in [0, 0.1) is 5.92 Å². The van der Waals surface area contributed by atoms with E-state index in [2.05, 4.69) is 18.4 Å². The van der Waals surface area contributed by atoms with Gasteiger partial charge in [-0.15, -0.1) is 18.4 Å². The van der Waals surface area contributed by atoms with Crippen LogP contribution in [-0.2, 0) is 4.79 Å². The van der Waals surface area contributed by atoms with Crippen LogP contribution in [0.4, 0.5) is 13.2 Å². The molecule has 0 aliphatic heterocycles. The molecule has 70 valence electrons. The van der Waals surface area contributed by atoms with Crippen molar-refractivity contribution < 1.29 is 18.0 Å². The molecule has 0 radical (unpaired) electrons. The zero-order valence-electron chi connectivity index (χ0n) is 6.30. The third kappa shape index (κ3) is 2.50. The Morgan fingerprint density at radius 3 is 2.62 bits per heavy atom. The number of thiol groups is 1. The average Bonchev–Trinajstić information content (AvgIpc) is 2.03.